The van der Waals surface area contributed by atoms with Crippen LogP contribution >= 0.6 is 27.7 Å². The molecule has 0 saturated carbocycles. The Morgan fingerprint density at radius 2 is 1.96 bits per heavy atom. The number of halogens is 1. The Morgan fingerprint density at radius 1 is 1.15 bits per heavy atom. The average molecular weight is 448 g/mol. The second kappa shape index (κ2) is 8.63. The molecule has 0 radical (unpaired) electrons. The second-order valence-electron chi connectivity index (χ2n) is 5.74. The van der Waals surface area contributed by atoms with Crippen molar-refractivity contribution in [2.45, 2.75) is 13.5 Å². The van der Waals surface area contributed by atoms with Gasteiger partial charge in [0.05, 0.1) is 25.2 Å². The molecule has 1 fully saturated rings. The van der Waals surface area contributed by atoms with Gasteiger partial charge in [0.1, 0.15) is 0 Å². The first-order valence-electron chi connectivity index (χ1n) is 8.32. The zero-order chi connectivity index (χ0) is 19.4. The fourth-order valence-electron chi connectivity index (χ4n) is 2.66. The van der Waals surface area contributed by atoms with Crippen molar-refractivity contribution < 1.29 is 19.1 Å². The smallest absolute Gasteiger partial charge is 0.293 e. The molecule has 1 heterocycles. The van der Waals surface area contributed by atoms with Crippen LogP contribution in [-0.2, 0) is 11.3 Å². The first-order chi connectivity index (χ1) is 13.0. The van der Waals surface area contributed by atoms with Crippen molar-refractivity contribution in [2.24, 2.45) is 0 Å². The van der Waals surface area contributed by atoms with Crippen molar-refractivity contribution in [1.29, 1.82) is 0 Å². The Labute approximate surface area is 170 Å². The van der Waals surface area contributed by atoms with Gasteiger partial charge in [-0.25, -0.2) is 0 Å². The topological polar surface area (TPSA) is 55.8 Å². The largest absolute Gasteiger partial charge is 0.493 e. The highest BCUT2D eigenvalue weighted by Gasteiger charge is 2.35. The van der Waals surface area contributed by atoms with Crippen molar-refractivity contribution in [2.75, 3.05) is 13.7 Å². The summed E-state index contributed by atoms with van der Waals surface area (Å²) in [4.78, 5) is 26.7. The molecular formula is C20H18BrNO4S. The zero-order valence-electron chi connectivity index (χ0n) is 14.9. The summed E-state index contributed by atoms with van der Waals surface area (Å²) < 4.78 is 11.7. The number of ether oxygens (including phenoxy) is 2. The van der Waals surface area contributed by atoms with Gasteiger partial charge in [-0.1, -0.05) is 34.1 Å². The van der Waals surface area contributed by atoms with Gasteiger partial charge < -0.3 is 9.47 Å². The minimum Gasteiger partial charge on any atom is -0.493 e. The van der Waals surface area contributed by atoms with Crippen LogP contribution in [0.1, 0.15) is 18.1 Å². The third-order valence-electron chi connectivity index (χ3n) is 3.89. The van der Waals surface area contributed by atoms with Crippen molar-refractivity contribution in [3.63, 3.8) is 0 Å². The number of imide groups is 1. The summed E-state index contributed by atoms with van der Waals surface area (Å²) in [5.74, 6) is 0.928. The summed E-state index contributed by atoms with van der Waals surface area (Å²) in [6.07, 6.45) is 1.70. The van der Waals surface area contributed by atoms with E-state index in [0.717, 1.165) is 27.4 Å². The van der Waals surface area contributed by atoms with Crippen LogP contribution in [-0.4, -0.2) is 29.8 Å². The van der Waals surface area contributed by atoms with Crippen LogP contribution in [0, 0.1) is 0 Å². The lowest BCUT2D eigenvalue weighted by Gasteiger charge is -2.12. The predicted octanol–water partition coefficient (Wildman–Crippen LogP) is 5.09. The minimum absolute atomic E-state index is 0.244. The fraction of sp³-hybridized carbons (Fsp3) is 0.200. The third-order valence-corrected chi connectivity index (χ3v) is 5.29. The van der Waals surface area contributed by atoms with Crippen LogP contribution < -0.4 is 9.47 Å². The molecule has 1 aliphatic heterocycles. The van der Waals surface area contributed by atoms with E-state index in [4.69, 9.17) is 9.47 Å². The van der Waals surface area contributed by atoms with E-state index in [0.29, 0.717) is 23.0 Å². The molecule has 27 heavy (non-hydrogen) atoms. The van der Waals surface area contributed by atoms with E-state index >= 15 is 0 Å². The summed E-state index contributed by atoms with van der Waals surface area (Å²) in [6, 6.07) is 13.0. The van der Waals surface area contributed by atoms with E-state index in [9.17, 15) is 9.59 Å². The number of hydrogen-bond donors (Lipinski definition) is 0. The number of rotatable bonds is 6. The van der Waals surface area contributed by atoms with E-state index in [2.05, 4.69) is 15.9 Å². The first kappa shape index (κ1) is 19.5. The lowest BCUT2D eigenvalue weighted by Crippen LogP contribution is -2.27. The van der Waals surface area contributed by atoms with Gasteiger partial charge in [-0.2, -0.15) is 0 Å². The molecule has 0 aliphatic carbocycles. The molecule has 0 atom stereocenters. The highest BCUT2D eigenvalue weighted by molar-refractivity contribution is 9.10. The molecule has 1 aliphatic rings. The first-order valence-corrected chi connectivity index (χ1v) is 9.93. The van der Waals surface area contributed by atoms with Crippen LogP contribution in [0.15, 0.2) is 51.8 Å². The third kappa shape index (κ3) is 4.54. The summed E-state index contributed by atoms with van der Waals surface area (Å²) in [7, 11) is 1.57. The molecular weight excluding hydrogens is 430 g/mol. The zero-order valence-corrected chi connectivity index (χ0v) is 17.3. The molecule has 140 valence electrons. The fourth-order valence-corrected chi connectivity index (χ4v) is 3.94. The Hall–Kier alpha value is -2.25. The van der Waals surface area contributed by atoms with Gasteiger partial charge in [-0.05, 0) is 60.2 Å². The van der Waals surface area contributed by atoms with E-state index in [1.807, 2.05) is 37.3 Å². The lowest BCUT2D eigenvalue weighted by molar-refractivity contribution is -0.123. The number of carbonyl (C=O) groups excluding carboxylic acids is 2. The highest BCUT2D eigenvalue weighted by Crippen LogP contribution is 2.35. The van der Waals surface area contributed by atoms with Crippen LogP contribution in [0.3, 0.4) is 0 Å². The van der Waals surface area contributed by atoms with Gasteiger partial charge in [0.15, 0.2) is 11.5 Å². The standard InChI is InChI=1S/C20H18BrNO4S/c1-3-26-17-10-13(7-8-16(17)25-2)11-18-19(23)22(20(24)27-18)12-14-5-4-6-15(21)9-14/h4-11H,3,12H2,1-2H3/b18-11+. The van der Waals surface area contributed by atoms with Crippen molar-refractivity contribution >= 4 is 44.9 Å². The van der Waals surface area contributed by atoms with Gasteiger partial charge in [-0.3, -0.25) is 14.5 Å². The molecule has 0 aromatic heterocycles. The number of amides is 2. The Bertz CT molecular complexity index is 913. The van der Waals surface area contributed by atoms with E-state index in [1.54, 1.807) is 25.3 Å². The van der Waals surface area contributed by atoms with Crippen molar-refractivity contribution in [3.8, 4) is 11.5 Å². The van der Waals surface area contributed by atoms with Gasteiger partial charge in [0.2, 0.25) is 0 Å². The summed E-state index contributed by atoms with van der Waals surface area (Å²) >= 11 is 4.35. The maximum Gasteiger partial charge on any atom is 0.293 e. The second-order valence-corrected chi connectivity index (χ2v) is 7.65. The van der Waals surface area contributed by atoms with Gasteiger partial charge in [0.25, 0.3) is 11.1 Å². The van der Waals surface area contributed by atoms with Gasteiger partial charge >= 0.3 is 0 Å². The molecule has 7 heteroatoms. The van der Waals surface area contributed by atoms with Crippen LogP contribution in [0.5, 0.6) is 11.5 Å². The minimum atomic E-state index is -0.293. The molecule has 2 aromatic carbocycles. The molecule has 0 bridgehead atoms. The number of benzene rings is 2. The van der Waals surface area contributed by atoms with Crippen LogP contribution in [0.2, 0.25) is 0 Å². The maximum absolute atomic E-state index is 12.7. The van der Waals surface area contributed by atoms with Crippen LogP contribution in [0.4, 0.5) is 4.79 Å². The summed E-state index contributed by atoms with van der Waals surface area (Å²) in [5, 5.41) is -0.273. The summed E-state index contributed by atoms with van der Waals surface area (Å²) in [6.45, 7) is 2.64. The summed E-state index contributed by atoms with van der Waals surface area (Å²) in [5.41, 5.74) is 1.66. The SMILES string of the molecule is CCOc1cc(/C=C2/SC(=O)N(Cc3cccc(Br)c3)C2=O)ccc1OC. The quantitative estimate of drug-likeness (QED) is 0.576. The Balaban J connectivity index is 1.82. The molecule has 0 unspecified atom stereocenters. The van der Waals surface area contributed by atoms with Crippen molar-refractivity contribution in [3.05, 3.63) is 63.0 Å². The molecule has 2 aromatic rings. The predicted molar refractivity (Wildman–Crippen MR) is 110 cm³/mol. The maximum atomic E-state index is 12.7. The average Bonchev–Trinajstić information content (AvgIpc) is 2.90. The number of thioether (sulfide) groups is 1. The molecule has 0 spiro atoms. The highest BCUT2D eigenvalue weighted by atomic mass is 79.9. The monoisotopic (exact) mass is 447 g/mol. The van der Waals surface area contributed by atoms with Gasteiger partial charge in [0, 0.05) is 4.47 Å². The number of methoxy groups -OCH3 is 1. The van der Waals surface area contributed by atoms with Crippen molar-refractivity contribution in [1.82, 2.24) is 4.90 Å². The molecule has 0 N–H and O–H groups in total. The Morgan fingerprint density at radius 3 is 2.67 bits per heavy atom. The van der Waals surface area contributed by atoms with Crippen LogP contribution in [0.25, 0.3) is 6.08 Å². The Kier molecular flexibility index (Phi) is 6.23. The molecule has 2 amide bonds. The molecule has 1 saturated heterocycles. The molecule has 3 rings (SSSR count). The van der Waals surface area contributed by atoms with E-state index in [-0.39, 0.29) is 17.7 Å². The normalized spacial score (nSPS) is 15.5. The number of nitrogens with zero attached hydrogens (tertiary/aromatic N) is 1. The number of carbonyl (C=O) groups is 2. The van der Waals surface area contributed by atoms with E-state index in [1.165, 1.54) is 4.90 Å². The van der Waals surface area contributed by atoms with Gasteiger partial charge in [-0.15, -0.1) is 0 Å². The molecule has 5 nitrogen and oxygen atoms in total. The number of hydrogen-bond acceptors (Lipinski definition) is 5. The van der Waals surface area contributed by atoms with E-state index < -0.39 is 0 Å². The lowest BCUT2D eigenvalue weighted by atomic mass is 10.1.